The second-order valence-corrected chi connectivity index (χ2v) is 5.94. The van der Waals surface area contributed by atoms with Crippen LogP contribution < -0.4 is 16.0 Å². The normalized spacial score (nSPS) is 11.3. The van der Waals surface area contributed by atoms with Crippen LogP contribution in [0, 0.1) is 0 Å². The summed E-state index contributed by atoms with van der Waals surface area (Å²) < 4.78 is 15.4. The molecule has 0 fully saturated rings. The Morgan fingerprint density at radius 2 is 1.93 bits per heavy atom. The van der Waals surface area contributed by atoms with Gasteiger partial charge in [-0.2, -0.15) is 0 Å². The summed E-state index contributed by atoms with van der Waals surface area (Å²) in [5.74, 6) is 0.739. The van der Waals surface area contributed by atoms with Crippen LogP contribution in [-0.4, -0.2) is 52.4 Å². The Bertz CT molecular complexity index is 714. The molecule has 0 radical (unpaired) electrons. The summed E-state index contributed by atoms with van der Waals surface area (Å²) in [6, 6.07) is 10.9. The van der Waals surface area contributed by atoms with Gasteiger partial charge in [0.2, 0.25) is 0 Å². The number of amides is 1. The number of benzene rings is 1. The van der Waals surface area contributed by atoms with Gasteiger partial charge in [0, 0.05) is 39.5 Å². The number of nitrogens with one attached hydrogen (secondary N) is 3. The molecule has 3 N–H and O–H groups in total. The van der Waals surface area contributed by atoms with E-state index in [2.05, 4.69) is 20.9 Å². The average molecular weight is 388 g/mol. The van der Waals surface area contributed by atoms with E-state index in [1.807, 2.05) is 24.3 Å². The molecule has 0 aliphatic carbocycles. The Kier molecular flexibility index (Phi) is 9.60. The standard InChI is InChI=1S/C20H28N4O4/c1-21-20(22-10-4-11-27-14-13-26-2)23-15-16-6-8-17(9-7-16)24-19(25)18-5-3-12-28-18/h3,5-9,12H,4,10-11,13-15H2,1-2H3,(H,24,25)(H2,21,22,23). The molecule has 28 heavy (non-hydrogen) atoms. The predicted molar refractivity (Wildman–Crippen MR) is 109 cm³/mol. The van der Waals surface area contributed by atoms with Crippen molar-refractivity contribution in [1.82, 2.24) is 10.6 Å². The Balaban J connectivity index is 1.67. The number of rotatable bonds is 11. The van der Waals surface area contributed by atoms with Crippen LogP contribution in [0.15, 0.2) is 52.1 Å². The van der Waals surface area contributed by atoms with Gasteiger partial charge < -0.3 is 29.8 Å². The molecule has 8 heteroatoms. The number of furan rings is 1. The third-order valence-corrected chi connectivity index (χ3v) is 3.83. The fourth-order valence-corrected chi connectivity index (χ4v) is 2.34. The van der Waals surface area contributed by atoms with Crippen LogP contribution in [0.3, 0.4) is 0 Å². The lowest BCUT2D eigenvalue weighted by Crippen LogP contribution is -2.37. The highest BCUT2D eigenvalue weighted by atomic mass is 16.5. The number of hydrogen-bond acceptors (Lipinski definition) is 5. The van der Waals surface area contributed by atoms with Crippen LogP contribution in [0.5, 0.6) is 0 Å². The SMILES string of the molecule is CN=C(NCCCOCCOC)NCc1ccc(NC(=O)c2ccco2)cc1. The van der Waals surface area contributed by atoms with Gasteiger partial charge in [-0.3, -0.25) is 9.79 Å². The number of carbonyl (C=O) groups excluding carboxylic acids is 1. The second kappa shape index (κ2) is 12.5. The molecule has 0 bridgehead atoms. The summed E-state index contributed by atoms with van der Waals surface area (Å²) in [4.78, 5) is 16.2. The minimum atomic E-state index is -0.272. The fraction of sp³-hybridized carbons (Fsp3) is 0.400. The molecule has 1 heterocycles. The van der Waals surface area contributed by atoms with E-state index in [1.54, 1.807) is 26.3 Å². The van der Waals surface area contributed by atoms with Crippen LogP contribution in [-0.2, 0) is 16.0 Å². The molecule has 152 valence electrons. The van der Waals surface area contributed by atoms with Crippen molar-refractivity contribution >= 4 is 17.6 Å². The molecular weight excluding hydrogens is 360 g/mol. The molecule has 2 rings (SSSR count). The maximum absolute atomic E-state index is 12.0. The Morgan fingerprint density at radius 3 is 2.61 bits per heavy atom. The van der Waals surface area contributed by atoms with E-state index in [4.69, 9.17) is 13.9 Å². The number of anilines is 1. The lowest BCUT2D eigenvalue weighted by Gasteiger charge is -2.12. The molecule has 0 spiro atoms. The van der Waals surface area contributed by atoms with Gasteiger partial charge in [0.05, 0.1) is 19.5 Å². The molecule has 0 atom stereocenters. The third kappa shape index (κ3) is 7.81. The maximum atomic E-state index is 12.0. The number of carbonyl (C=O) groups is 1. The van der Waals surface area contributed by atoms with E-state index < -0.39 is 0 Å². The molecule has 0 aliphatic rings. The predicted octanol–water partition coefficient (Wildman–Crippen LogP) is 2.25. The number of nitrogens with zero attached hydrogens (tertiary/aromatic N) is 1. The van der Waals surface area contributed by atoms with E-state index in [1.165, 1.54) is 6.26 Å². The van der Waals surface area contributed by atoms with Crippen LogP contribution in [0.2, 0.25) is 0 Å². The van der Waals surface area contributed by atoms with Crippen molar-refractivity contribution in [1.29, 1.82) is 0 Å². The van der Waals surface area contributed by atoms with Gasteiger partial charge in [-0.15, -0.1) is 0 Å². The van der Waals surface area contributed by atoms with E-state index in [-0.39, 0.29) is 11.7 Å². The molecule has 0 unspecified atom stereocenters. The van der Waals surface area contributed by atoms with Gasteiger partial charge in [-0.05, 0) is 36.2 Å². The Labute approximate surface area is 165 Å². The summed E-state index contributed by atoms with van der Waals surface area (Å²) in [5.41, 5.74) is 1.78. The minimum absolute atomic E-state index is 0.272. The first-order valence-electron chi connectivity index (χ1n) is 9.18. The summed E-state index contributed by atoms with van der Waals surface area (Å²) >= 11 is 0. The van der Waals surface area contributed by atoms with E-state index >= 15 is 0 Å². The van der Waals surface area contributed by atoms with Gasteiger partial charge in [0.25, 0.3) is 5.91 Å². The Morgan fingerprint density at radius 1 is 1.11 bits per heavy atom. The van der Waals surface area contributed by atoms with Crippen LogP contribution in [0.1, 0.15) is 22.5 Å². The lowest BCUT2D eigenvalue weighted by atomic mass is 10.2. The highest BCUT2D eigenvalue weighted by molar-refractivity contribution is 6.02. The van der Waals surface area contributed by atoms with Crippen molar-refractivity contribution in [3.63, 3.8) is 0 Å². The van der Waals surface area contributed by atoms with E-state index in [9.17, 15) is 4.79 Å². The van der Waals surface area contributed by atoms with Crippen LogP contribution in [0.4, 0.5) is 5.69 Å². The summed E-state index contributed by atoms with van der Waals surface area (Å²) in [5, 5.41) is 9.29. The highest BCUT2D eigenvalue weighted by Gasteiger charge is 2.08. The topological polar surface area (TPSA) is 97.1 Å². The zero-order chi connectivity index (χ0) is 20.0. The number of methoxy groups -OCH3 is 1. The number of aliphatic imine (C=N–C) groups is 1. The highest BCUT2D eigenvalue weighted by Crippen LogP contribution is 2.11. The molecule has 0 aliphatic heterocycles. The zero-order valence-electron chi connectivity index (χ0n) is 16.4. The van der Waals surface area contributed by atoms with Crippen molar-refractivity contribution in [3.05, 3.63) is 54.0 Å². The number of guanidine groups is 1. The molecule has 2 aromatic rings. The molecule has 8 nitrogen and oxygen atoms in total. The second-order valence-electron chi connectivity index (χ2n) is 5.94. The quantitative estimate of drug-likeness (QED) is 0.310. The van der Waals surface area contributed by atoms with Gasteiger partial charge in [0.1, 0.15) is 0 Å². The molecule has 1 amide bonds. The van der Waals surface area contributed by atoms with Crippen molar-refractivity contribution < 1.29 is 18.7 Å². The molecule has 1 aromatic carbocycles. The number of hydrogen-bond donors (Lipinski definition) is 3. The van der Waals surface area contributed by atoms with Gasteiger partial charge in [-0.25, -0.2) is 0 Å². The van der Waals surface area contributed by atoms with Crippen molar-refractivity contribution in [2.24, 2.45) is 4.99 Å². The van der Waals surface area contributed by atoms with Crippen molar-refractivity contribution in [2.45, 2.75) is 13.0 Å². The zero-order valence-corrected chi connectivity index (χ0v) is 16.4. The van der Waals surface area contributed by atoms with Gasteiger partial charge in [-0.1, -0.05) is 12.1 Å². The minimum Gasteiger partial charge on any atom is -0.459 e. The largest absolute Gasteiger partial charge is 0.459 e. The summed E-state index contributed by atoms with van der Waals surface area (Å²) in [6.45, 7) is 3.29. The molecule has 0 saturated heterocycles. The van der Waals surface area contributed by atoms with Crippen molar-refractivity contribution in [2.75, 3.05) is 45.8 Å². The van der Waals surface area contributed by atoms with Gasteiger partial charge in [0.15, 0.2) is 11.7 Å². The summed E-state index contributed by atoms with van der Waals surface area (Å²) in [6.07, 6.45) is 2.35. The summed E-state index contributed by atoms with van der Waals surface area (Å²) in [7, 11) is 3.39. The lowest BCUT2D eigenvalue weighted by molar-refractivity contribution is 0.0698. The maximum Gasteiger partial charge on any atom is 0.291 e. The van der Waals surface area contributed by atoms with Crippen molar-refractivity contribution in [3.8, 4) is 0 Å². The van der Waals surface area contributed by atoms with E-state index in [0.717, 1.165) is 24.5 Å². The molecule has 1 aromatic heterocycles. The molecule has 0 saturated carbocycles. The molecular formula is C20H28N4O4. The first kappa shape index (κ1) is 21.5. The Hall–Kier alpha value is -2.84. The smallest absolute Gasteiger partial charge is 0.291 e. The average Bonchev–Trinajstić information content (AvgIpc) is 3.26. The number of ether oxygens (including phenoxy) is 2. The first-order chi connectivity index (χ1) is 13.7. The van der Waals surface area contributed by atoms with Crippen LogP contribution >= 0.6 is 0 Å². The van der Waals surface area contributed by atoms with Gasteiger partial charge >= 0.3 is 0 Å². The fourth-order valence-electron chi connectivity index (χ4n) is 2.34. The third-order valence-electron chi connectivity index (χ3n) is 3.83. The van der Waals surface area contributed by atoms with E-state index in [0.29, 0.717) is 32.1 Å². The first-order valence-corrected chi connectivity index (χ1v) is 9.18. The monoisotopic (exact) mass is 388 g/mol. The van der Waals surface area contributed by atoms with Crippen LogP contribution in [0.25, 0.3) is 0 Å².